The second kappa shape index (κ2) is 4.64. The summed E-state index contributed by atoms with van der Waals surface area (Å²) in [5.74, 6) is 1.38. The van der Waals surface area contributed by atoms with Crippen LogP contribution in [0.5, 0.6) is 0 Å². The zero-order valence-electron chi connectivity index (χ0n) is 10.0. The van der Waals surface area contributed by atoms with Crippen LogP contribution >= 0.6 is 0 Å². The van der Waals surface area contributed by atoms with Gasteiger partial charge in [0.15, 0.2) is 5.82 Å². The standard InChI is InChI=1S/C12H19N3O2/c16-10-5-7-15(8-6-10)12-13-11(14-17-12)9-3-1-2-4-9/h9-10,16H,1-8H2. The normalized spacial score (nSPS) is 23.5. The highest BCUT2D eigenvalue weighted by atomic mass is 16.5. The van der Waals surface area contributed by atoms with Crippen LogP contribution < -0.4 is 4.90 Å². The summed E-state index contributed by atoms with van der Waals surface area (Å²) in [5, 5.41) is 13.6. The lowest BCUT2D eigenvalue weighted by atomic mass is 10.1. The molecule has 1 saturated heterocycles. The Balaban J connectivity index is 1.67. The zero-order chi connectivity index (χ0) is 11.7. The average Bonchev–Trinajstić information content (AvgIpc) is 3.00. The SMILES string of the molecule is OC1CCN(c2nc(C3CCCC3)no2)CC1. The van der Waals surface area contributed by atoms with Gasteiger partial charge in [0.25, 0.3) is 0 Å². The molecule has 1 aliphatic carbocycles. The number of nitrogens with zero attached hydrogens (tertiary/aromatic N) is 3. The molecule has 1 saturated carbocycles. The summed E-state index contributed by atoms with van der Waals surface area (Å²) < 4.78 is 5.33. The second-order valence-electron chi connectivity index (χ2n) is 5.13. The molecule has 0 atom stereocenters. The zero-order valence-corrected chi connectivity index (χ0v) is 10.0. The van der Waals surface area contributed by atoms with Crippen molar-refractivity contribution in [3.05, 3.63) is 5.82 Å². The van der Waals surface area contributed by atoms with Gasteiger partial charge in [0, 0.05) is 19.0 Å². The molecule has 1 aromatic heterocycles. The highest BCUT2D eigenvalue weighted by molar-refractivity contribution is 5.26. The fraction of sp³-hybridized carbons (Fsp3) is 0.833. The van der Waals surface area contributed by atoms with Gasteiger partial charge >= 0.3 is 6.01 Å². The summed E-state index contributed by atoms with van der Waals surface area (Å²) in [6, 6.07) is 0.638. The van der Waals surface area contributed by atoms with Crippen molar-refractivity contribution in [2.24, 2.45) is 0 Å². The Bertz CT molecular complexity index is 366. The van der Waals surface area contributed by atoms with Gasteiger partial charge in [-0.3, -0.25) is 0 Å². The summed E-state index contributed by atoms with van der Waals surface area (Å²) in [5.41, 5.74) is 0. The van der Waals surface area contributed by atoms with Crippen LogP contribution in [0, 0.1) is 0 Å². The molecule has 3 rings (SSSR count). The molecule has 2 heterocycles. The van der Waals surface area contributed by atoms with Gasteiger partial charge in [-0.2, -0.15) is 4.98 Å². The van der Waals surface area contributed by atoms with Gasteiger partial charge in [0.2, 0.25) is 0 Å². The van der Waals surface area contributed by atoms with Crippen molar-refractivity contribution in [3.8, 4) is 0 Å². The van der Waals surface area contributed by atoms with Crippen molar-refractivity contribution in [1.82, 2.24) is 10.1 Å². The van der Waals surface area contributed by atoms with Crippen LogP contribution in [0.3, 0.4) is 0 Å². The van der Waals surface area contributed by atoms with Crippen molar-refractivity contribution < 1.29 is 9.63 Å². The third kappa shape index (κ3) is 2.29. The van der Waals surface area contributed by atoms with E-state index >= 15 is 0 Å². The number of aliphatic hydroxyl groups is 1. The van der Waals surface area contributed by atoms with E-state index < -0.39 is 0 Å². The van der Waals surface area contributed by atoms with E-state index in [0.717, 1.165) is 31.8 Å². The predicted molar refractivity (Wildman–Crippen MR) is 63.0 cm³/mol. The highest BCUT2D eigenvalue weighted by Gasteiger charge is 2.25. The van der Waals surface area contributed by atoms with Gasteiger partial charge in [-0.05, 0) is 25.7 Å². The van der Waals surface area contributed by atoms with E-state index in [-0.39, 0.29) is 6.10 Å². The van der Waals surface area contributed by atoms with Gasteiger partial charge < -0.3 is 14.5 Å². The van der Waals surface area contributed by atoms with Crippen LogP contribution in [-0.4, -0.2) is 34.4 Å². The molecular formula is C12H19N3O2. The summed E-state index contributed by atoms with van der Waals surface area (Å²) in [6.45, 7) is 1.63. The third-order valence-electron chi connectivity index (χ3n) is 3.89. The topological polar surface area (TPSA) is 62.4 Å². The number of aromatic nitrogens is 2. The first kappa shape index (κ1) is 11.0. The molecule has 2 fully saturated rings. The lowest BCUT2D eigenvalue weighted by Gasteiger charge is -2.27. The van der Waals surface area contributed by atoms with Crippen LogP contribution in [0.4, 0.5) is 6.01 Å². The van der Waals surface area contributed by atoms with E-state index in [0.29, 0.717) is 11.9 Å². The summed E-state index contributed by atoms with van der Waals surface area (Å²) in [4.78, 5) is 6.59. The minimum Gasteiger partial charge on any atom is -0.393 e. The number of piperidine rings is 1. The molecule has 0 aromatic carbocycles. The molecule has 5 nitrogen and oxygen atoms in total. The van der Waals surface area contributed by atoms with Crippen LogP contribution in [-0.2, 0) is 0 Å². The Morgan fingerprint density at radius 3 is 2.53 bits per heavy atom. The van der Waals surface area contributed by atoms with E-state index in [1.165, 1.54) is 25.7 Å². The monoisotopic (exact) mass is 237 g/mol. The van der Waals surface area contributed by atoms with Gasteiger partial charge in [-0.15, -0.1) is 0 Å². The minimum absolute atomic E-state index is 0.163. The average molecular weight is 237 g/mol. The first-order chi connectivity index (χ1) is 8.33. The van der Waals surface area contributed by atoms with Crippen molar-refractivity contribution in [3.63, 3.8) is 0 Å². The van der Waals surface area contributed by atoms with Gasteiger partial charge in [-0.1, -0.05) is 18.0 Å². The largest absolute Gasteiger partial charge is 0.393 e. The van der Waals surface area contributed by atoms with Crippen molar-refractivity contribution >= 4 is 6.01 Å². The number of anilines is 1. The van der Waals surface area contributed by atoms with Crippen LogP contribution in [0.15, 0.2) is 4.52 Å². The Labute approximate surface area is 101 Å². The molecule has 17 heavy (non-hydrogen) atoms. The van der Waals surface area contributed by atoms with Crippen molar-refractivity contribution in [2.45, 2.75) is 50.5 Å². The van der Waals surface area contributed by atoms with E-state index in [2.05, 4.69) is 15.0 Å². The molecule has 0 unspecified atom stereocenters. The smallest absolute Gasteiger partial charge is 0.324 e. The summed E-state index contributed by atoms with van der Waals surface area (Å²) >= 11 is 0. The van der Waals surface area contributed by atoms with Gasteiger partial charge in [-0.25, -0.2) is 0 Å². The molecule has 0 amide bonds. The fourth-order valence-electron chi connectivity index (χ4n) is 2.76. The molecule has 0 radical (unpaired) electrons. The minimum atomic E-state index is -0.163. The molecule has 5 heteroatoms. The maximum atomic E-state index is 9.46. The number of aliphatic hydroxyl groups excluding tert-OH is 1. The van der Waals surface area contributed by atoms with E-state index in [1.807, 2.05) is 0 Å². The molecule has 2 aliphatic rings. The Morgan fingerprint density at radius 1 is 1.12 bits per heavy atom. The molecule has 0 spiro atoms. The number of rotatable bonds is 2. The van der Waals surface area contributed by atoms with E-state index in [1.54, 1.807) is 0 Å². The number of hydrogen-bond donors (Lipinski definition) is 1. The van der Waals surface area contributed by atoms with Gasteiger partial charge in [0.05, 0.1) is 6.10 Å². The van der Waals surface area contributed by atoms with Crippen molar-refractivity contribution in [2.75, 3.05) is 18.0 Å². The second-order valence-corrected chi connectivity index (χ2v) is 5.13. The van der Waals surface area contributed by atoms with E-state index in [4.69, 9.17) is 4.52 Å². The molecule has 1 aliphatic heterocycles. The Morgan fingerprint density at radius 2 is 1.82 bits per heavy atom. The maximum Gasteiger partial charge on any atom is 0.324 e. The third-order valence-corrected chi connectivity index (χ3v) is 3.89. The van der Waals surface area contributed by atoms with Crippen molar-refractivity contribution in [1.29, 1.82) is 0 Å². The van der Waals surface area contributed by atoms with Crippen LogP contribution in [0.1, 0.15) is 50.3 Å². The Hall–Kier alpha value is -1.10. The molecule has 1 N–H and O–H groups in total. The lowest BCUT2D eigenvalue weighted by Crippen LogP contribution is -2.36. The quantitative estimate of drug-likeness (QED) is 0.848. The predicted octanol–water partition coefficient (Wildman–Crippen LogP) is 1.69. The van der Waals surface area contributed by atoms with Crippen LogP contribution in [0.2, 0.25) is 0 Å². The summed E-state index contributed by atoms with van der Waals surface area (Å²) in [6.07, 6.45) is 6.37. The maximum absolute atomic E-state index is 9.46. The summed E-state index contributed by atoms with van der Waals surface area (Å²) in [7, 11) is 0. The molecule has 0 bridgehead atoms. The molecular weight excluding hydrogens is 218 g/mol. The first-order valence-corrected chi connectivity index (χ1v) is 6.59. The van der Waals surface area contributed by atoms with Gasteiger partial charge in [0.1, 0.15) is 0 Å². The fourth-order valence-corrected chi connectivity index (χ4v) is 2.76. The van der Waals surface area contributed by atoms with Crippen LogP contribution in [0.25, 0.3) is 0 Å². The molecule has 94 valence electrons. The number of hydrogen-bond acceptors (Lipinski definition) is 5. The highest BCUT2D eigenvalue weighted by Crippen LogP contribution is 2.33. The lowest BCUT2D eigenvalue weighted by molar-refractivity contribution is 0.143. The van der Waals surface area contributed by atoms with E-state index in [9.17, 15) is 5.11 Å². The molecule has 1 aromatic rings. The Kier molecular flexibility index (Phi) is 3.01. The first-order valence-electron chi connectivity index (χ1n) is 6.59.